The number of hydrogen-bond acceptors (Lipinski definition) is 6. The third-order valence-corrected chi connectivity index (χ3v) is 7.30. The lowest BCUT2D eigenvalue weighted by Crippen LogP contribution is -2.49. The molecule has 1 aliphatic rings. The van der Waals surface area contributed by atoms with Crippen LogP contribution in [0.25, 0.3) is 11.2 Å². The number of carbonyl (C=O) groups excluding carboxylic acids is 1. The van der Waals surface area contributed by atoms with Gasteiger partial charge in [0, 0.05) is 46.0 Å². The van der Waals surface area contributed by atoms with Gasteiger partial charge in [-0.2, -0.15) is 4.98 Å². The lowest BCUT2D eigenvalue weighted by atomic mass is 10.1. The van der Waals surface area contributed by atoms with E-state index in [4.69, 9.17) is 16.6 Å². The number of nitrogens with zero attached hydrogens (tertiary/aromatic N) is 6. The van der Waals surface area contributed by atoms with Crippen molar-refractivity contribution in [3.8, 4) is 0 Å². The number of imidazole rings is 1. The maximum Gasteiger partial charge on any atom is 0.332 e. The second kappa shape index (κ2) is 10.7. The van der Waals surface area contributed by atoms with Crippen molar-refractivity contribution in [2.45, 2.75) is 13.5 Å². The van der Waals surface area contributed by atoms with Gasteiger partial charge in [0.15, 0.2) is 11.2 Å². The van der Waals surface area contributed by atoms with Crippen LogP contribution in [0.2, 0.25) is 5.02 Å². The summed E-state index contributed by atoms with van der Waals surface area (Å²) in [5.74, 6) is -0.165. The van der Waals surface area contributed by atoms with Gasteiger partial charge >= 0.3 is 5.69 Å². The first-order valence-corrected chi connectivity index (χ1v) is 12.9. The standard InChI is InChI=1S/C27H29ClFN7O3/c1-17-4-6-18(7-5-17)15-36-23-24(32(2)27(39)33(3)25(23)38)31-26(36)35-12-10-34(11-13-35)16-22(37)30-19-8-9-21(29)20(28)14-19/h4-9,14H,10-13,15-16H2,1-3H3,(H,30,37). The van der Waals surface area contributed by atoms with E-state index in [1.807, 2.05) is 40.7 Å². The molecule has 1 fully saturated rings. The Morgan fingerprint density at radius 3 is 2.38 bits per heavy atom. The molecule has 0 aliphatic carbocycles. The van der Waals surface area contributed by atoms with E-state index in [0.29, 0.717) is 55.5 Å². The quantitative estimate of drug-likeness (QED) is 0.394. The van der Waals surface area contributed by atoms with Gasteiger partial charge in [0.1, 0.15) is 5.82 Å². The van der Waals surface area contributed by atoms with Gasteiger partial charge in [0.05, 0.1) is 18.1 Å². The highest BCUT2D eigenvalue weighted by Crippen LogP contribution is 2.23. The summed E-state index contributed by atoms with van der Waals surface area (Å²) in [6.07, 6.45) is 0. The summed E-state index contributed by atoms with van der Waals surface area (Å²) < 4.78 is 17.8. The molecule has 2 aromatic carbocycles. The SMILES string of the molecule is Cc1ccc(Cn2c(N3CCN(CC(=O)Nc4ccc(F)c(Cl)c4)CC3)nc3c2c(=O)n(C)c(=O)n3C)cc1. The number of amides is 1. The van der Waals surface area contributed by atoms with Crippen molar-refractivity contribution in [3.05, 3.63) is 85.3 Å². The third-order valence-electron chi connectivity index (χ3n) is 7.01. The third kappa shape index (κ3) is 5.32. The Balaban J connectivity index is 1.37. The molecule has 1 saturated heterocycles. The number of aryl methyl sites for hydroxylation is 2. The van der Waals surface area contributed by atoms with Gasteiger partial charge in [-0.25, -0.2) is 9.18 Å². The molecule has 12 heteroatoms. The Kier molecular flexibility index (Phi) is 7.28. The van der Waals surface area contributed by atoms with Gasteiger partial charge in [0.25, 0.3) is 5.56 Å². The Bertz CT molecular complexity index is 1670. The van der Waals surface area contributed by atoms with Gasteiger partial charge in [0.2, 0.25) is 11.9 Å². The number of anilines is 2. The molecule has 0 bridgehead atoms. The fourth-order valence-corrected chi connectivity index (χ4v) is 4.97. The van der Waals surface area contributed by atoms with Crippen molar-refractivity contribution in [1.29, 1.82) is 0 Å². The Morgan fingerprint density at radius 1 is 1.03 bits per heavy atom. The summed E-state index contributed by atoms with van der Waals surface area (Å²) in [7, 11) is 3.08. The number of nitrogens with one attached hydrogen (secondary N) is 1. The summed E-state index contributed by atoms with van der Waals surface area (Å²) in [6, 6.07) is 12.1. The van der Waals surface area contributed by atoms with Gasteiger partial charge in [-0.15, -0.1) is 0 Å². The summed E-state index contributed by atoms with van der Waals surface area (Å²) in [5, 5.41) is 2.70. The van der Waals surface area contributed by atoms with Crippen LogP contribution in [0.4, 0.5) is 16.0 Å². The van der Waals surface area contributed by atoms with Gasteiger partial charge < -0.3 is 10.2 Å². The maximum absolute atomic E-state index is 13.4. The zero-order valence-corrected chi connectivity index (χ0v) is 22.7. The van der Waals surface area contributed by atoms with Crippen LogP contribution >= 0.6 is 11.6 Å². The molecule has 10 nitrogen and oxygen atoms in total. The number of rotatable bonds is 6. The van der Waals surface area contributed by atoms with Crippen molar-refractivity contribution in [3.63, 3.8) is 0 Å². The number of hydrogen-bond donors (Lipinski definition) is 1. The highest BCUT2D eigenvalue weighted by atomic mass is 35.5. The molecule has 1 aliphatic heterocycles. The van der Waals surface area contributed by atoms with Gasteiger partial charge in [-0.05, 0) is 30.7 Å². The van der Waals surface area contributed by atoms with Crippen LogP contribution in [0.15, 0.2) is 52.1 Å². The van der Waals surface area contributed by atoms with Crippen LogP contribution in [0.5, 0.6) is 0 Å². The molecule has 0 radical (unpaired) electrons. The molecule has 1 amide bonds. The van der Waals surface area contributed by atoms with E-state index in [1.165, 1.54) is 29.8 Å². The van der Waals surface area contributed by atoms with Crippen LogP contribution in [0, 0.1) is 12.7 Å². The van der Waals surface area contributed by atoms with E-state index >= 15 is 0 Å². The zero-order valence-electron chi connectivity index (χ0n) is 21.9. The largest absolute Gasteiger partial charge is 0.340 e. The smallest absolute Gasteiger partial charge is 0.332 e. The van der Waals surface area contributed by atoms with Crippen LogP contribution in [0.1, 0.15) is 11.1 Å². The molecule has 0 unspecified atom stereocenters. The molecular formula is C27H29ClFN7O3. The topological polar surface area (TPSA) is 97.4 Å². The maximum atomic E-state index is 13.4. The fraction of sp³-hybridized carbons (Fsp3) is 0.333. The minimum absolute atomic E-state index is 0.0535. The Morgan fingerprint density at radius 2 is 1.72 bits per heavy atom. The molecule has 2 aromatic heterocycles. The van der Waals surface area contributed by atoms with E-state index in [9.17, 15) is 18.8 Å². The molecular weight excluding hydrogens is 525 g/mol. The molecule has 39 heavy (non-hydrogen) atoms. The summed E-state index contributed by atoms with van der Waals surface area (Å²) in [5.41, 5.74) is 2.46. The van der Waals surface area contributed by atoms with Crippen LogP contribution in [-0.2, 0) is 25.4 Å². The highest BCUT2D eigenvalue weighted by Gasteiger charge is 2.26. The van der Waals surface area contributed by atoms with Gasteiger partial charge in [-0.1, -0.05) is 41.4 Å². The number of fused-ring (bicyclic) bond motifs is 1. The van der Waals surface area contributed by atoms with Crippen LogP contribution in [-0.4, -0.2) is 62.2 Å². The summed E-state index contributed by atoms with van der Waals surface area (Å²) >= 11 is 5.81. The average molecular weight is 554 g/mol. The van der Waals surface area contributed by atoms with Crippen LogP contribution < -0.4 is 21.5 Å². The Labute approximate surface area is 228 Å². The molecule has 0 spiro atoms. The van der Waals surface area contributed by atoms with Crippen molar-refractivity contribution < 1.29 is 9.18 Å². The first-order valence-electron chi connectivity index (χ1n) is 12.6. The number of aromatic nitrogens is 4. The first kappa shape index (κ1) is 26.6. The summed E-state index contributed by atoms with van der Waals surface area (Å²) in [4.78, 5) is 47.2. The van der Waals surface area contributed by atoms with E-state index in [2.05, 4.69) is 10.2 Å². The second-order valence-corrected chi connectivity index (χ2v) is 10.2. The molecule has 3 heterocycles. The lowest BCUT2D eigenvalue weighted by molar-refractivity contribution is -0.117. The van der Waals surface area contributed by atoms with E-state index in [0.717, 1.165) is 15.7 Å². The molecule has 4 aromatic rings. The molecule has 5 rings (SSSR count). The van der Waals surface area contributed by atoms with Crippen molar-refractivity contribution >= 4 is 40.3 Å². The van der Waals surface area contributed by atoms with E-state index in [1.54, 1.807) is 7.05 Å². The number of carbonyl (C=O) groups is 1. The molecule has 1 N–H and O–H groups in total. The lowest BCUT2D eigenvalue weighted by Gasteiger charge is -2.35. The normalized spacial score (nSPS) is 14.2. The van der Waals surface area contributed by atoms with Crippen molar-refractivity contribution in [2.75, 3.05) is 42.9 Å². The van der Waals surface area contributed by atoms with E-state index in [-0.39, 0.29) is 17.5 Å². The molecule has 204 valence electrons. The zero-order chi connectivity index (χ0) is 27.8. The Hall–Kier alpha value is -3.96. The number of halogens is 2. The first-order chi connectivity index (χ1) is 18.6. The highest BCUT2D eigenvalue weighted by molar-refractivity contribution is 6.31. The molecule has 0 atom stereocenters. The molecule has 0 saturated carbocycles. The minimum Gasteiger partial charge on any atom is -0.340 e. The monoisotopic (exact) mass is 553 g/mol. The van der Waals surface area contributed by atoms with Crippen LogP contribution in [0.3, 0.4) is 0 Å². The fourth-order valence-electron chi connectivity index (χ4n) is 4.79. The minimum atomic E-state index is -0.544. The van der Waals surface area contributed by atoms with Gasteiger partial charge in [-0.3, -0.25) is 28.2 Å². The number of benzene rings is 2. The van der Waals surface area contributed by atoms with E-state index < -0.39 is 17.1 Å². The van der Waals surface area contributed by atoms with Crippen molar-refractivity contribution in [2.24, 2.45) is 14.1 Å². The van der Waals surface area contributed by atoms with Crippen molar-refractivity contribution in [1.82, 2.24) is 23.6 Å². The predicted octanol–water partition coefficient (Wildman–Crippen LogP) is 2.34. The second-order valence-electron chi connectivity index (χ2n) is 9.80. The summed E-state index contributed by atoms with van der Waals surface area (Å²) in [6.45, 7) is 4.91. The average Bonchev–Trinajstić information content (AvgIpc) is 3.29. The predicted molar refractivity (Wildman–Crippen MR) is 149 cm³/mol. The number of piperazine rings is 1.